The van der Waals surface area contributed by atoms with Crippen LogP contribution >= 0.6 is 0 Å². The van der Waals surface area contributed by atoms with Gasteiger partial charge in [-0.05, 0) is 46.5 Å². The second-order valence-corrected chi connectivity index (χ2v) is 12.3. The lowest BCUT2D eigenvalue weighted by molar-refractivity contribution is 0.0907. The molecule has 1 atom stereocenters. The molecule has 0 saturated carbocycles. The Kier molecular flexibility index (Phi) is 8.20. The first-order valence-corrected chi connectivity index (χ1v) is 16.6. The number of H-pyrrole nitrogens is 1. The van der Waals surface area contributed by atoms with Gasteiger partial charge in [0.25, 0.3) is 5.91 Å². The fourth-order valence-corrected chi connectivity index (χ4v) is 6.96. The number of aliphatic hydroxyl groups is 1. The Hall–Kier alpha value is -6.38. The van der Waals surface area contributed by atoms with E-state index >= 15 is 0 Å². The number of fused-ring (bicyclic) bond motifs is 2. The van der Waals surface area contributed by atoms with E-state index in [1.165, 1.54) is 0 Å². The van der Waals surface area contributed by atoms with Gasteiger partial charge >= 0.3 is 0 Å². The zero-order valence-corrected chi connectivity index (χ0v) is 27.1. The van der Waals surface area contributed by atoms with Gasteiger partial charge in [0.15, 0.2) is 0 Å². The number of aliphatic hydroxyl groups excluding tert-OH is 1. The summed E-state index contributed by atoms with van der Waals surface area (Å²) in [6.07, 6.45) is 3.56. The van der Waals surface area contributed by atoms with Crippen molar-refractivity contribution in [2.24, 2.45) is 0 Å². The van der Waals surface area contributed by atoms with Crippen molar-refractivity contribution in [1.29, 1.82) is 0 Å². The van der Waals surface area contributed by atoms with Crippen molar-refractivity contribution in [1.82, 2.24) is 30.0 Å². The van der Waals surface area contributed by atoms with Crippen LogP contribution in [0, 0.1) is 0 Å². The van der Waals surface area contributed by atoms with Crippen LogP contribution in [0.3, 0.4) is 0 Å². The van der Waals surface area contributed by atoms with Crippen LogP contribution in [0.2, 0.25) is 0 Å². The summed E-state index contributed by atoms with van der Waals surface area (Å²) in [6.45, 7) is 0.288. The zero-order chi connectivity index (χ0) is 33.9. The van der Waals surface area contributed by atoms with Crippen molar-refractivity contribution < 1.29 is 9.90 Å². The molecule has 0 spiro atoms. The van der Waals surface area contributed by atoms with Crippen LogP contribution in [-0.4, -0.2) is 42.4 Å². The quantitative estimate of drug-likeness (QED) is 0.133. The van der Waals surface area contributed by atoms with Gasteiger partial charge in [0.05, 0.1) is 46.9 Å². The van der Waals surface area contributed by atoms with Gasteiger partial charge in [-0.3, -0.25) is 19.6 Å². The number of amides is 1. The van der Waals surface area contributed by atoms with Crippen molar-refractivity contribution >= 4 is 27.8 Å². The lowest BCUT2D eigenvalue weighted by Gasteiger charge is -2.36. The highest BCUT2D eigenvalue weighted by atomic mass is 16.3. The van der Waals surface area contributed by atoms with Crippen LogP contribution < -0.4 is 5.32 Å². The van der Waals surface area contributed by atoms with Crippen LogP contribution in [0.5, 0.6) is 0 Å². The third-order valence-electron chi connectivity index (χ3n) is 9.41. The smallest absolute Gasteiger partial charge is 0.289 e. The van der Waals surface area contributed by atoms with Gasteiger partial charge in [0.2, 0.25) is 5.82 Å². The highest BCUT2D eigenvalue weighted by molar-refractivity contribution is 6.03. The zero-order valence-electron chi connectivity index (χ0n) is 27.1. The molecule has 0 bridgehead atoms. The molecule has 244 valence electrons. The maximum atomic E-state index is 13.4. The van der Waals surface area contributed by atoms with Gasteiger partial charge in [-0.15, -0.1) is 0 Å². The van der Waals surface area contributed by atoms with Crippen molar-refractivity contribution in [3.8, 4) is 11.3 Å². The maximum absolute atomic E-state index is 13.4. The number of nitrogens with zero attached hydrogens (tertiary/aromatic N) is 4. The number of pyridine rings is 1. The summed E-state index contributed by atoms with van der Waals surface area (Å²) < 4.78 is 2.18. The van der Waals surface area contributed by atoms with E-state index in [4.69, 9.17) is 4.98 Å². The first kappa shape index (κ1) is 30.9. The molecule has 1 unspecified atom stereocenters. The van der Waals surface area contributed by atoms with Gasteiger partial charge in [-0.25, -0.2) is 9.97 Å². The van der Waals surface area contributed by atoms with E-state index < -0.39 is 17.4 Å². The van der Waals surface area contributed by atoms with E-state index in [0.29, 0.717) is 17.6 Å². The summed E-state index contributed by atoms with van der Waals surface area (Å²) in [5, 5.41) is 17.6. The minimum atomic E-state index is -0.580. The van der Waals surface area contributed by atoms with Gasteiger partial charge in [0.1, 0.15) is 0 Å². The van der Waals surface area contributed by atoms with Crippen molar-refractivity contribution in [2.45, 2.75) is 18.0 Å². The summed E-state index contributed by atoms with van der Waals surface area (Å²) in [7, 11) is 0. The van der Waals surface area contributed by atoms with Gasteiger partial charge in [0, 0.05) is 23.3 Å². The number of rotatable bonds is 10. The average Bonchev–Trinajstić information content (AvgIpc) is 3.77. The van der Waals surface area contributed by atoms with E-state index in [0.717, 1.165) is 44.4 Å². The third kappa shape index (κ3) is 5.61. The molecule has 5 aromatic carbocycles. The molecule has 0 aliphatic rings. The molecule has 8 nitrogen and oxygen atoms in total. The standard InChI is InChI=1S/C42H34N6O2/c49-27-37(29-13-5-1-6-14-29)46-41(50)40-44-35-25-34-38(26-36(35)45-40)48(47-39(34)30-21-23-43-24-22-30)28-42(31-15-7-2-8-16-31,32-17-9-3-10-18-32)33-19-11-4-12-20-33/h1-26,37,47,49H,27-28H2,(H,46,50). The van der Waals surface area contributed by atoms with Crippen molar-refractivity contribution in [3.05, 3.63) is 186 Å². The minimum absolute atomic E-state index is 0.0511. The first-order valence-electron chi connectivity index (χ1n) is 16.6. The molecule has 3 heterocycles. The molecule has 0 radical (unpaired) electrons. The van der Waals surface area contributed by atoms with E-state index in [1.807, 2.05) is 72.8 Å². The van der Waals surface area contributed by atoms with E-state index in [-0.39, 0.29) is 12.4 Å². The maximum Gasteiger partial charge on any atom is 0.289 e. The Balaban J connectivity index is 1.30. The van der Waals surface area contributed by atoms with Gasteiger partial charge in [-0.1, -0.05) is 121 Å². The Morgan fingerprint density at radius 3 is 1.78 bits per heavy atom. The van der Waals surface area contributed by atoms with Gasteiger partial charge in [-0.2, -0.15) is 0 Å². The summed E-state index contributed by atoms with van der Waals surface area (Å²) >= 11 is 0. The van der Waals surface area contributed by atoms with Crippen molar-refractivity contribution in [3.63, 3.8) is 0 Å². The molecular weight excluding hydrogens is 621 g/mol. The van der Waals surface area contributed by atoms with Crippen LogP contribution in [-0.2, 0) is 12.0 Å². The largest absolute Gasteiger partial charge is 0.394 e. The first-order chi connectivity index (χ1) is 24.6. The Bertz CT molecular complexity index is 2280. The van der Waals surface area contributed by atoms with Crippen LogP contribution in [0.4, 0.5) is 0 Å². The molecule has 0 aliphatic heterocycles. The van der Waals surface area contributed by atoms with Crippen LogP contribution in [0.15, 0.2) is 158 Å². The van der Waals surface area contributed by atoms with E-state index in [1.54, 1.807) is 12.4 Å². The number of imidazole rings is 1. The molecule has 1 amide bonds. The lowest BCUT2D eigenvalue weighted by atomic mass is 9.69. The van der Waals surface area contributed by atoms with Crippen LogP contribution in [0.25, 0.3) is 33.2 Å². The summed E-state index contributed by atoms with van der Waals surface area (Å²) in [6, 6.07) is 48.6. The Morgan fingerprint density at radius 2 is 1.24 bits per heavy atom. The third-order valence-corrected chi connectivity index (χ3v) is 9.41. The number of aromatic amines is 1. The molecule has 50 heavy (non-hydrogen) atoms. The normalized spacial score (nSPS) is 12.3. The monoisotopic (exact) mass is 654 g/mol. The number of nitrogens with one attached hydrogen (secondary N) is 2. The number of hydrogen-bond acceptors (Lipinski definition) is 5. The summed E-state index contributed by atoms with van der Waals surface area (Å²) in [5.41, 5.74) is 7.69. The highest BCUT2D eigenvalue weighted by Crippen LogP contribution is 2.42. The number of benzene rings is 5. The van der Waals surface area contributed by atoms with Crippen LogP contribution in [0.1, 0.15) is 38.9 Å². The topological polar surface area (TPSA) is 109 Å². The molecule has 0 aliphatic carbocycles. The average molecular weight is 655 g/mol. The molecular formula is C42H34N6O2. The Morgan fingerprint density at radius 1 is 0.720 bits per heavy atom. The summed E-state index contributed by atoms with van der Waals surface area (Å²) in [4.78, 5) is 27.1. The van der Waals surface area contributed by atoms with Crippen molar-refractivity contribution in [2.75, 3.05) is 6.61 Å². The second-order valence-electron chi connectivity index (χ2n) is 12.3. The number of carbonyl (C=O) groups is 1. The highest BCUT2D eigenvalue weighted by Gasteiger charge is 2.37. The SMILES string of the molecule is O=C(NC(CO)c1ccccc1)c1nc2cc3c(-c4ccncc4)[nH]n(CC(c4ccccc4)(c4ccccc4)c4ccccc4)c3cc2n1. The molecule has 3 N–H and O–H groups in total. The predicted octanol–water partition coefficient (Wildman–Crippen LogP) is 7.47. The van der Waals surface area contributed by atoms with E-state index in [2.05, 4.69) is 97.9 Å². The fraction of sp³-hybridized carbons (Fsp3) is 0.0952. The van der Waals surface area contributed by atoms with E-state index in [9.17, 15) is 9.90 Å². The fourth-order valence-electron chi connectivity index (χ4n) is 6.96. The number of hydrogen-bond donors (Lipinski definition) is 3. The number of aromatic nitrogens is 5. The summed E-state index contributed by atoms with van der Waals surface area (Å²) in [5.74, 6) is -0.399. The Labute approximate surface area is 289 Å². The second kappa shape index (κ2) is 13.3. The lowest BCUT2D eigenvalue weighted by Crippen LogP contribution is -2.35. The molecule has 8 aromatic rings. The minimum Gasteiger partial charge on any atom is -0.394 e. The molecule has 0 saturated heterocycles. The predicted molar refractivity (Wildman–Crippen MR) is 196 cm³/mol. The molecule has 0 fully saturated rings. The van der Waals surface area contributed by atoms with Gasteiger partial charge < -0.3 is 10.4 Å². The molecule has 8 rings (SSSR count). The molecule has 8 heteroatoms. The molecule has 3 aromatic heterocycles. The number of carbonyl (C=O) groups excluding carboxylic acids is 1.